The monoisotopic (exact) mass is 519 g/mol. The molecule has 0 aliphatic heterocycles. The Labute approximate surface area is 193 Å². The first-order valence-corrected chi connectivity index (χ1v) is 12.3. The van der Waals surface area contributed by atoms with Gasteiger partial charge in [0.05, 0.1) is 18.4 Å². The molecular weight excluding hydrogens is 497 g/mol. The molecule has 0 unspecified atom stereocenters. The van der Waals surface area contributed by atoms with Gasteiger partial charge in [-0.05, 0) is 32.0 Å². The second-order valence-electron chi connectivity index (χ2n) is 6.48. The average molecular weight is 519 g/mol. The molecule has 0 radical (unpaired) electrons. The number of carbonyl (C=O) groups excluding carboxylic acids is 1. The Hall–Kier alpha value is -3.43. The van der Waals surface area contributed by atoms with Gasteiger partial charge in [0.15, 0.2) is 0 Å². The summed E-state index contributed by atoms with van der Waals surface area (Å²) >= 11 is 0. The molecule has 34 heavy (non-hydrogen) atoms. The zero-order valence-corrected chi connectivity index (χ0v) is 19.5. The second-order valence-corrected chi connectivity index (χ2v) is 9.77. The molecule has 0 saturated carbocycles. The number of amides is 2. The number of nitrogens with one attached hydrogen (secondary N) is 3. The molecule has 0 bridgehead atoms. The van der Waals surface area contributed by atoms with Crippen LogP contribution in [0.2, 0.25) is 0 Å². The van der Waals surface area contributed by atoms with Crippen molar-refractivity contribution in [2.24, 2.45) is 0 Å². The van der Waals surface area contributed by atoms with Gasteiger partial charge in [0.2, 0.25) is 5.95 Å². The minimum atomic E-state index is -4.37. The number of aromatic nitrogens is 2. The number of hydrogen-bond donors (Lipinski definition) is 7. The van der Waals surface area contributed by atoms with E-state index >= 15 is 0 Å². The van der Waals surface area contributed by atoms with E-state index in [0.717, 1.165) is 12.1 Å². The van der Waals surface area contributed by atoms with Crippen molar-refractivity contribution in [3.63, 3.8) is 0 Å². The fourth-order valence-electron chi connectivity index (χ4n) is 2.27. The van der Waals surface area contributed by atoms with Crippen LogP contribution in [0.25, 0.3) is 0 Å². The maximum Gasteiger partial charge on any atom is 0.339 e. The van der Waals surface area contributed by atoms with Crippen LogP contribution in [0.1, 0.15) is 21.7 Å². The molecule has 0 atom stereocenters. The highest BCUT2D eigenvalue weighted by atomic mass is 32.2. The molecule has 186 valence electrons. The van der Waals surface area contributed by atoms with Gasteiger partial charge in [-0.25, -0.2) is 32.7 Å². The van der Waals surface area contributed by atoms with Gasteiger partial charge < -0.3 is 20.0 Å². The Bertz CT molecular complexity index is 1190. The van der Waals surface area contributed by atoms with Gasteiger partial charge in [-0.15, -0.1) is 0 Å². The summed E-state index contributed by atoms with van der Waals surface area (Å²) in [6, 6.07) is 5.54. The molecule has 2 rings (SSSR count). The van der Waals surface area contributed by atoms with E-state index < -0.39 is 58.9 Å². The highest BCUT2D eigenvalue weighted by Gasteiger charge is 2.24. The Kier molecular flexibility index (Phi) is 10.2. The van der Waals surface area contributed by atoms with Gasteiger partial charge >= 0.3 is 25.6 Å². The molecule has 1 aromatic heterocycles. The number of carbonyl (C=O) groups is 3. The summed E-state index contributed by atoms with van der Waals surface area (Å²) in [6.07, 6.45) is -0.598. The van der Waals surface area contributed by atoms with Crippen molar-refractivity contribution in [3.05, 3.63) is 47.3 Å². The molecule has 0 spiro atoms. The number of anilines is 1. The van der Waals surface area contributed by atoms with Crippen molar-refractivity contribution < 1.29 is 47.4 Å². The summed E-state index contributed by atoms with van der Waals surface area (Å²) in [4.78, 5) is 56.5. The van der Waals surface area contributed by atoms with E-state index in [4.69, 9.17) is 20.0 Å². The molecule has 0 saturated heterocycles. The lowest BCUT2D eigenvalue weighted by molar-refractivity contribution is -0.135. The van der Waals surface area contributed by atoms with Crippen molar-refractivity contribution in [2.75, 3.05) is 18.1 Å². The molecule has 0 aliphatic carbocycles. The highest BCUT2D eigenvalue weighted by Crippen LogP contribution is 2.31. The standard InChI is InChI=1S/C14H14N4O5S.C3H8NO5P/c1-8-7-9(2)16-13(15-8)17-14(21)18-24(22,23)11-6-4-3-5-10(11)12(19)20;5-3(6)1-4-2-10(7,8)9/h3-7H,1-2H3,(H,19,20)(H2,15,16,17,18,21);4H,1-2H2,(H,5,6)(H2,7,8,9). The smallest absolute Gasteiger partial charge is 0.339 e. The third-order valence-corrected chi connectivity index (χ3v) is 5.46. The number of nitrogens with zero attached hydrogens (tertiary/aromatic N) is 2. The second kappa shape index (κ2) is 12.2. The molecular formula is C17H22N5O10PS. The molecule has 15 nitrogen and oxygen atoms in total. The zero-order chi connectivity index (χ0) is 26.1. The van der Waals surface area contributed by atoms with Crippen LogP contribution in [0.5, 0.6) is 0 Å². The quantitative estimate of drug-likeness (QED) is 0.229. The minimum Gasteiger partial charge on any atom is -0.480 e. The van der Waals surface area contributed by atoms with Crippen LogP contribution in [-0.4, -0.2) is 69.2 Å². The molecule has 0 fully saturated rings. The number of urea groups is 1. The number of aromatic carboxylic acids is 1. The Morgan fingerprint density at radius 3 is 2.09 bits per heavy atom. The molecule has 7 N–H and O–H groups in total. The molecule has 2 amide bonds. The minimum absolute atomic E-state index is 0.0632. The normalized spacial score (nSPS) is 11.1. The van der Waals surface area contributed by atoms with Crippen molar-refractivity contribution in [2.45, 2.75) is 18.7 Å². The largest absolute Gasteiger partial charge is 0.480 e. The van der Waals surface area contributed by atoms with Crippen molar-refractivity contribution in [1.29, 1.82) is 0 Å². The SMILES string of the molecule is Cc1cc(C)nc(NC(=O)NS(=O)(=O)c2ccccc2C(=O)O)n1.O=C(O)CNCP(=O)(O)O. The van der Waals surface area contributed by atoms with Crippen LogP contribution < -0.4 is 15.4 Å². The topological polar surface area (TPSA) is 245 Å². The number of rotatable bonds is 8. The number of sulfonamides is 1. The Morgan fingerprint density at radius 1 is 1.03 bits per heavy atom. The third kappa shape index (κ3) is 10.5. The summed E-state index contributed by atoms with van der Waals surface area (Å²) in [5, 5.41) is 21.3. The highest BCUT2D eigenvalue weighted by molar-refractivity contribution is 7.90. The molecule has 1 aromatic carbocycles. The van der Waals surface area contributed by atoms with Gasteiger partial charge in [-0.2, -0.15) is 0 Å². The van der Waals surface area contributed by atoms with E-state index in [0.29, 0.717) is 11.4 Å². The van der Waals surface area contributed by atoms with Gasteiger partial charge in [-0.3, -0.25) is 20.0 Å². The predicted molar refractivity (Wildman–Crippen MR) is 117 cm³/mol. The summed E-state index contributed by atoms with van der Waals surface area (Å²) in [7, 11) is -8.47. The maximum absolute atomic E-state index is 12.2. The van der Waals surface area contributed by atoms with Gasteiger partial charge in [-0.1, -0.05) is 12.1 Å². The molecule has 2 aromatic rings. The number of aliphatic carboxylic acids is 1. The van der Waals surface area contributed by atoms with Crippen molar-refractivity contribution >= 4 is 41.5 Å². The Balaban J connectivity index is 0.000000489. The van der Waals surface area contributed by atoms with Crippen LogP contribution in [0.4, 0.5) is 10.7 Å². The van der Waals surface area contributed by atoms with Crippen LogP contribution in [0.3, 0.4) is 0 Å². The molecule has 1 heterocycles. The molecule has 0 aliphatic rings. The number of benzene rings is 1. The van der Waals surface area contributed by atoms with Crippen LogP contribution >= 0.6 is 7.60 Å². The van der Waals surface area contributed by atoms with Crippen molar-refractivity contribution in [3.8, 4) is 0 Å². The van der Waals surface area contributed by atoms with Crippen LogP contribution in [-0.2, 0) is 19.4 Å². The number of carboxylic acids is 2. The lowest BCUT2D eigenvalue weighted by Crippen LogP contribution is -2.35. The number of hydrogen-bond acceptors (Lipinski definition) is 9. The van der Waals surface area contributed by atoms with E-state index in [1.54, 1.807) is 24.6 Å². The summed E-state index contributed by atoms with van der Waals surface area (Å²) in [5.41, 5.74) is 0.745. The first kappa shape index (κ1) is 28.6. The first-order chi connectivity index (χ1) is 15.6. The third-order valence-electron chi connectivity index (χ3n) is 3.44. The molecule has 17 heteroatoms. The predicted octanol–water partition coefficient (Wildman–Crippen LogP) is 0.0978. The summed E-state index contributed by atoms with van der Waals surface area (Å²) in [5.74, 6) is -2.63. The van der Waals surface area contributed by atoms with E-state index in [1.807, 2.05) is 0 Å². The average Bonchev–Trinajstić information content (AvgIpc) is 2.65. The van der Waals surface area contributed by atoms with Gasteiger partial charge in [0.25, 0.3) is 10.0 Å². The zero-order valence-electron chi connectivity index (χ0n) is 17.8. The Morgan fingerprint density at radius 2 is 1.59 bits per heavy atom. The van der Waals surface area contributed by atoms with Gasteiger partial charge in [0, 0.05) is 11.4 Å². The maximum atomic E-state index is 12.2. The van der Waals surface area contributed by atoms with E-state index in [-0.39, 0.29) is 5.95 Å². The van der Waals surface area contributed by atoms with Crippen LogP contribution in [0.15, 0.2) is 35.2 Å². The van der Waals surface area contributed by atoms with E-state index in [2.05, 4.69) is 20.6 Å². The van der Waals surface area contributed by atoms with Crippen molar-refractivity contribution in [1.82, 2.24) is 20.0 Å². The fraction of sp³-hybridized carbons (Fsp3) is 0.235. The summed E-state index contributed by atoms with van der Waals surface area (Å²) < 4.78 is 36.2. The van der Waals surface area contributed by atoms with E-state index in [9.17, 15) is 27.4 Å². The lowest BCUT2D eigenvalue weighted by Gasteiger charge is -2.10. The van der Waals surface area contributed by atoms with Gasteiger partial charge in [0.1, 0.15) is 4.90 Å². The summed E-state index contributed by atoms with van der Waals surface area (Å²) in [6.45, 7) is 2.94. The number of aryl methyl sites for hydroxylation is 2. The van der Waals surface area contributed by atoms with Crippen LogP contribution in [0, 0.1) is 13.8 Å². The fourth-order valence-corrected chi connectivity index (χ4v) is 3.78. The first-order valence-electron chi connectivity index (χ1n) is 9.06. The number of carboxylic acid groups (broad SMARTS) is 2. The van der Waals surface area contributed by atoms with E-state index in [1.165, 1.54) is 12.1 Å². The lowest BCUT2D eigenvalue weighted by atomic mass is 10.2.